The van der Waals surface area contributed by atoms with Gasteiger partial charge in [-0.25, -0.2) is 0 Å². The van der Waals surface area contributed by atoms with Gasteiger partial charge in [-0.05, 0) is 42.3 Å². The van der Waals surface area contributed by atoms with Gasteiger partial charge in [0.15, 0.2) is 0 Å². The highest BCUT2D eigenvalue weighted by Gasteiger charge is 2.26. The predicted molar refractivity (Wildman–Crippen MR) is 77.2 cm³/mol. The third-order valence-electron chi connectivity index (χ3n) is 4.07. The van der Waals surface area contributed by atoms with Crippen LogP contribution < -0.4 is 0 Å². The number of nitrogens with zero attached hydrogens (tertiary/aromatic N) is 1. The first kappa shape index (κ1) is 12.3. The van der Waals surface area contributed by atoms with Crippen molar-refractivity contribution in [3.8, 4) is 0 Å². The van der Waals surface area contributed by atoms with Crippen LogP contribution in [0.4, 0.5) is 0 Å². The van der Waals surface area contributed by atoms with Crippen molar-refractivity contribution in [2.45, 2.75) is 26.2 Å². The van der Waals surface area contributed by atoms with Crippen molar-refractivity contribution >= 4 is 16.8 Å². The molecule has 1 saturated heterocycles. The predicted octanol–water partition coefficient (Wildman–Crippen LogP) is 3.43. The third-order valence-corrected chi connectivity index (χ3v) is 4.07. The second kappa shape index (κ2) is 5.08. The molecular weight excluding hydrogens is 236 g/mol. The highest BCUT2D eigenvalue weighted by atomic mass is 16.2. The van der Waals surface area contributed by atoms with E-state index in [-0.39, 0.29) is 5.91 Å². The van der Waals surface area contributed by atoms with E-state index in [0.29, 0.717) is 5.92 Å². The fourth-order valence-corrected chi connectivity index (χ4v) is 3.02. The maximum Gasteiger partial charge on any atom is 0.253 e. The first-order chi connectivity index (χ1) is 9.28. The Bertz CT molecular complexity index is 587. The number of amides is 1. The standard InChI is InChI=1S/C16H20N2O/c1-2-3-12-7-9-18(11-12)16(19)14-5-4-13-6-8-17-15(13)10-14/h4-6,8,10,12,17H,2-3,7,9,11H2,1H3. The Morgan fingerprint density at radius 3 is 3.16 bits per heavy atom. The van der Waals surface area contributed by atoms with Gasteiger partial charge in [-0.15, -0.1) is 0 Å². The highest BCUT2D eigenvalue weighted by Crippen LogP contribution is 2.23. The highest BCUT2D eigenvalue weighted by molar-refractivity contribution is 5.98. The van der Waals surface area contributed by atoms with Crippen molar-refractivity contribution < 1.29 is 4.79 Å². The molecule has 0 aliphatic carbocycles. The number of nitrogens with one attached hydrogen (secondary N) is 1. The van der Waals surface area contributed by atoms with E-state index >= 15 is 0 Å². The lowest BCUT2D eigenvalue weighted by atomic mass is 10.0. The van der Waals surface area contributed by atoms with Crippen LogP contribution in [-0.2, 0) is 0 Å². The largest absolute Gasteiger partial charge is 0.361 e. The molecule has 0 spiro atoms. The number of rotatable bonds is 3. The molecular formula is C16H20N2O. The van der Waals surface area contributed by atoms with Gasteiger partial charge >= 0.3 is 0 Å². The molecule has 1 aliphatic heterocycles. The van der Waals surface area contributed by atoms with Gasteiger partial charge in [-0.1, -0.05) is 19.4 Å². The Balaban J connectivity index is 1.76. The molecule has 1 aromatic heterocycles. The van der Waals surface area contributed by atoms with Crippen molar-refractivity contribution in [2.75, 3.05) is 13.1 Å². The van der Waals surface area contributed by atoms with Crippen molar-refractivity contribution in [3.63, 3.8) is 0 Å². The molecule has 3 nitrogen and oxygen atoms in total. The number of carbonyl (C=O) groups excluding carboxylic acids is 1. The topological polar surface area (TPSA) is 36.1 Å². The average Bonchev–Trinajstić information content (AvgIpc) is 3.05. The lowest BCUT2D eigenvalue weighted by molar-refractivity contribution is 0.0786. The molecule has 1 unspecified atom stereocenters. The normalized spacial score (nSPS) is 19.2. The van der Waals surface area contributed by atoms with E-state index in [1.54, 1.807) is 0 Å². The Kier molecular flexibility index (Phi) is 3.28. The summed E-state index contributed by atoms with van der Waals surface area (Å²) in [7, 11) is 0. The van der Waals surface area contributed by atoms with Crippen LogP contribution >= 0.6 is 0 Å². The number of likely N-dealkylation sites (tertiary alicyclic amines) is 1. The maximum absolute atomic E-state index is 12.5. The zero-order valence-corrected chi connectivity index (χ0v) is 11.4. The van der Waals surface area contributed by atoms with Crippen LogP contribution in [0.3, 0.4) is 0 Å². The van der Waals surface area contributed by atoms with Gasteiger partial charge in [-0.2, -0.15) is 0 Å². The molecule has 2 aromatic rings. The molecule has 100 valence electrons. The molecule has 1 fully saturated rings. The Morgan fingerprint density at radius 1 is 1.42 bits per heavy atom. The minimum Gasteiger partial charge on any atom is -0.361 e. The fourth-order valence-electron chi connectivity index (χ4n) is 3.02. The average molecular weight is 256 g/mol. The Morgan fingerprint density at radius 2 is 2.32 bits per heavy atom. The fraction of sp³-hybridized carbons (Fsp3) is 0.438. The van der Waals surface area contributed by atoms with Crippen molar-refractivity contribution in [1.82, 2.24) is 9.88 Å². The van der Waals surface area contributed by atoms with Crippen LogP contribution in [0.25, 0.3) is 10.9 Å². The second-order valence-corrected chi connectivity index (χ2v) is 5.47. The number of fused-ring (bicyclic) bond motifs is 1. The Hall–Kier alpha value is -1.77. The Labute approximate surface area is 113 Å². The van der Waals surface area contributed by atoms with E-state index in [4.69, 9.17) is 0 Å². The first-order valence-corrected chi connectivity index (χ1v) is 7.14. The van der Waals surface area contributed by atoms with Crippen molar-refractivity contribution in [2.24, 2.45) is 5.92 Å². The van der Waals surface area contributed by atoms with E-state index in [1.165, 1.54) is 12.8 Å². The van der Waals surface area contributed by atoms with E-state index in [9.17, 15) is 4.79 Å². The summed E-state index contributed by atoms with van der Waals surface area (Å²) in [5.41, 5.74) is 1.84. The summed E-state index contributed by atoms with van der Waals surface area (Å²) in [6, 6.07) is 7.94. The van der Waals surface area contributed by atoms with E-state index < -0.39 is 0 Å². The SMILES string of the molecule is CCCC1CCN(C(=O)c2ccc3cc[nH]c3c2)C1. The molecule has 1 amide bonds. The van der Waals surface area contributed by atoms with Crippen LogP contribution in [0.2, 0.25) is 0 Å². The number of aromatic amines is 1. The molecule has 1 atom stereocenters. The minimum absolute atomic E-state index is 0.176. The number of hydrogen-bond donors (Lipinski definition) is 1. The number of aromatic nitrogens is 1. The monoisotopic (exact) mass is 256 g/mol. The van der Waals surface area contributed by atoms with Gasteiger partial charge in [-0.3, -0.25) is 4.79 Å². The summed E-state index contributed by atoms with van der Waals surface area (Å²) in [5, 5.41) is 1.15. The van der Waals surface area contributed by atoms with Gasteiger partial charge in [0.25, 0.3) is 5.91 Å². The minimum atomic E-state index is 0.176. The van der Waals surface area contributed by atoms with Crippen LogP contribution in [0, 0.1) is 5.92 Å². The zero-order chi connectivity index (χ0) is 13.2. The number of H-pyrrole nitrogens is 1. The van der Waals surface area contributed by atoms with Crippen LogP contribution in [0.5, 0.6) is 0 Å². The summed E-state index contributed by atoms with van der Waals surface area (Å²) in [6.07, 6.45) is 5.51. The van der Waals surface area contributed by atoms with Crippen molar-refractivity contribution in [1.29, 1.82) is 0 Å². The summed E-state index contributed by atoms with van der Waals surface area (Å²) in [4.78, 5) is 17.6. The van der Waals surface area contributed by atoms with Gasteiger partial charge in [0.2, 0.25) is 0 Å². The smallest absolute Gasteiger partial charge is 0.253 e. The van der Waals surface area contributed by atoms with Crippen LogP contribution in [0.15, 0.2) is 30.5 Å². The van der Waals surface area contributed by atoms with Gasteiger partial charge in [0, 0.05) is 30.4 Å². The molecule has 0 saturated carbocycles. The van der Waals surface area contributed by atoms with Gasteiger partial charge in [0.1, 0.15) is 0 Å². The van der Waals surface area contributed by atoms with E-state index in [1.807, 2.05) is 35.4 Å². The molecule has 3 heteroatoms. The summed E-state index contributed by atoms with van der Waals surface area (Å²) in [6.45, 7) is 4.05. The summed E-state index contributed by atoms with van der Waals surface area (Å²) < 4.78 is 0. The first-order valence-electron chi connectivity index (χ1n) is 7.14. The number of hydrogen-bond acceptors (Lipinski definition) is 1. The van der Waals surface area contributed by atoms with Crippen molar-refractivity contribution in [3.05, 3.63) is 36.0 Å². The van der Waals surface area contributed by atoms with Crippen LogP contribution in [0.1, 0.15) is 36.5 Å². The maximum atomic E-state index is 12.5. The summed E-state index contributed by atoms with van der Waals surface area (Å²) in [5.74, 6) is 0.873. The van der Waals surface area contributed by atoms with Gasteiger partial charge in [0.05, 0.1) is 0 Å². The summed E-state index contributed by atoms with van der Waals surface area (Å²) >= 11 is 0. The zero-order valence-electron chi connectivity index (χ0n) is 11.4. The van der Waals surface area contributed by atoms with Gasteiger partial charge < -0.3 is 9.88 Å². The quantitative estimate of drug-likeness (QED) is 0.897. The molecule has 2 heterocycles. The number of benzene rings is 1. The second-order valence-electron chi connectivity index (χ2n) is 5.47. The molecule has 0 radical (unpaired) electrons. The van der Waals surface area contributed by atoms with Crippen LogP contribution in [-0.4, -0.2) is 28.9 Å². The number of carbonyl (C=O) groups is 1. The molecule has 1 N–H and O–H groups in total. The third kappa shape index (κ3) is 2.37. The van der Waals surface area contributed by atoms with E-state index in [2.05, 4.69) is 11.9 Å². The molecule has 19 heavy (non-hydrogen) atoms. The van der Waals surface area contributed by atoms with E-state index in [0.717, 1.165) is 36.0 Å². The molecule has 1 aliphatic rings. The lowest BCUT2D eigenvalue weighted by Crippen LogP contribution is -2.28. The molecule has 0 bridgehead atoms. The lowest BCUT2D eigenvalue weighted by Gasteiger charge is -2.16. The molecule has 3 rings (SSSR count). The molecule has 1 aromatic carbocycles.